The van der Waals surface area contributed by atoms with E-state index < -0.39 is 12.1 Å². The van der Waals surface area contributed by atoms with Crippen molar-refractivity contribution in [2.45, 2.75) is 19.3 Å². The fourth-order valence-electron chi connectivity index (χ4n) is 5.29. The van der Waals surface area contributed by atoms with Gasteiger partial charge in [-0.3, -0.25) is 9.59 Å². The second-order valence-electron chi connectivity index (χ2n) is 10.4. The van der Waals surface area contributed by atoms with Crippen molar-refractivity contribution in [2.75, 3.05) is 94.7 Å². The summed E-state index contributed by atoms with van der Waals surface area (Å²) in [5.74, 6) is 0.279. The first-order chi connectivity index (χ1) is 19.8. The minimum Gasteiger partial charge on any atom is -0.378 e. The number of nitrogens with two attached hydrogens (primary N) is 2. The molecule has 0 aliphatic carbocycles. The van der Waals surface area contributed by atoms with Gasteiger partial charge in [0.05, 0.1) is 38.4 Å². The van der Waals surface area contributed by atoms with E-state index in [1.807, 2.05) is 9.80 Å². The molecule has 2 amide bonds. The van der Waals surface area contributed by atoms with E-state index in [2.05, 4.69) is 30.2 Å². The number of hydrogen-bond acceptors (Lipinski definition) is 11. The number of carbonyl (C=O) groups is 2. The van der Waals surface area contributed by atoms with Crippen LogP contribution in [0.2, 0.25) is 0 Å². The van der Waals surface area contributed by atoms with Gasteiger partial charge in [0.2, 0.25) is 29.7 Å². The summed E-state index contributed by atoms with van der Waals surface area (Å²) in [6.45, 7) is 5.60. The molecule has 5 heterocycles. The zero-order valence-corrected chi connectivity index (χ0v) is 23.1. The zero-order valence-electron chi connectivity index (χ0n) is 23.1. The summed E-state index contributed by atoms with van der Waals surface area (Å²) in [7, 11) is 1.68. The Morgan fingerprint density at radius 2 is 1.66 bits per heavy atom. The molecule has 14 nitrogen and oxygen atoms in total. The number of piperidine rings is 1. The number of rotatable bonds is 7. The second kappa shape index (κ2) is 12.8. The number of halogens is 2. The fourth-order valence-corrected chi connectivity index (χ4v) is 5.29. The summed E-state index contributed by atoms with van der Waals surface area (Å²) in [4.78, 5) is 54.1. The first kappa shape index (κ1) is 28.7. The van der Waals surface area contributed by atoms with Crippen molar-refractivity contribution in [1.82, 2.24) is 34.7 Å². The summed E-state index contributed by atoms with van der Waals surface area (Å²) in [6.07, 6.45) is -0.0418. The Morgan fingerprint density at radius 3 is 2.29 bits per heavy atom. The molecular weight excluding hydrogens is 540 g/mol. The van der Waals surface area contributed by atoms with Gasteiger partial charge in [0, 0.05) is 71.3 Å². The number of hydrogen-bond donors (Lipinski definition) is 2. The van der Waals surface area contributed by atoms with E-state index in [1.54, 1.807) is 11.9 Å². The quantitative estimate of drug-likeness (QED) is 0.406. The van der Waals surface area contributed by atoms with Gasteiger partial charge in [0.15, 0.2) is 5.82 Å². The second-order valence-corrected chi connectivity index (χ2v) is 10.4. The topological polar surface area (TPSA) is 163 Å². The maximum atomic E-state index is 13.9. The van der Waals surface area contributed by atoms with Gasteiger partial charge in [-0.05, 0) is 0 Å². The molecule has 0 bridgehead atoms. The van der Waals surface area contributed by atoms with E-state index in [1.165, 1.54) is 11.1 Å². The third-order valence-corrected chi connectivity index (χ3v) is 7.64. The Balaban J connectivity index is 1.31. The molecule has 2 aromatic rings. The number of alkyl halides is 2. The standard InChI is InChI=1S/C25H35F2N11O3/c1-35(22(40)16-2-4-29-5-3-16)15-18(39)36-6-8-37(9-7-36)24-32-21(17-14-30-23(28)31-19(17)20(26)27)33-25(34-24)38-10-12-41-13-11-38/h14,16,20,29H,2-13,15H2,1H3,(H2,28,30,31)/p+1. The third kappa shape index (κ3) is 6.75. The number of nitrogen functional groups attached to an aromatic ring is 1. The number of carbonyl (C=O) groups excluding carboxylic acids is 2. The van der Waals surface area contributed by atoms with Crippen LogP contribution in [0.25, 0.3) is 11.4 Å². The first-order valence-corrected chi connectivity index (χ1v) is 13.9. The van der Waals surface area contributed by atoms with Crippen molar-refractivity contribution in [1.29, 1.82) is 0 Å². The van der Waals surface area contributed by atoms with Gasteiger partial charge in [-0.1, -0.05) is 0 Å². The number of morpholine rings is 1. The van der Waals surface area contributed by atoms with Gasteiger partial charge in [0.1, 0.15) is 5.69 Å². The number of likely N-dealkylation sites (N-methyl/N-ethyl adjacent to an activating group) is 1. The lowest BCUT2D eigenvalue weighted by molar-refractivity contribution is -0.664. The van der Waals surface area contributed by atoms with Gasteiger partial charge in [-0.15, -0.1) is 0 Å². The molecule has 0 atom stereocenters. The van der Waals surface area contributed by atoms with Gasteiger partial charge in [0.25, 0.3) is 6.43 Å². The average Bonchev–Trinajstić information content (AvgIpc) is 3.01. The van der Waals surface area contributed by atoms with Crippen molar-refractivity contribution < 1.29 is 28.4 Å². The van der Waals surface area contributed by atoms with Crippen LogP contribution in [-0.2, 0) is 14.3 Å². The Hall–Kier alpha value is -3.79. The summed E-state index contributed by atoms with van der Waals surface area (Å²) in [6, 6.07) is 0. The number of piperazine rings is 1. The number of amides is 2. The Kier molecular flexibility index (Phi) is 8.97. The monoisotopic (exact) mass is 576 g/mol. The van der Waals surface area contributed by atoms with Crippen molar-refractivity contribution in [2.24, 2.45) is 5.92 Å². The van der Waals surface area contributed by atoms with E-state index in [4.69, 9.17) is 10.5 Å². The van der Waals surface area contributed by atoms with Crippen LogP contribution < -0.4 is 20.9 Å². The maximum Gasteiger partial charge on any atom is 0.281 e. The van der Waals surface area contributed by atoms with Gasteiger partial charge in [-0.25, -0.2) is 18.7 Å². The molecule has 0 spiro atoms. The van der Waals surface area contributed by atoms with Crippen LogP contribution >= 0.6 is 0 Å². The van der Waals surface area contributed by atoms with Crippen LogP contribution in [0.4, 0.5) is 26.6 Å². The van der Waals surface area contributed by atoms with Gasteiger partial charge in [-0.2, -0.15) is 15.0 Å². The highest BCUT2D eigenvalue weighted by Gasteiger charge is 2.30. The minimum absolute atomic E-state index is 0.0192. The highest BCUT2D eigenvalue weighted by Crippen LogP contribution is 2.30. The molecule has 222 valence electrons. The number of aromatic nitrogens is 5. The van der Waals surface area contributed by atoms with E-state index in [0.29, 0.717) is 64.4 Å². The van der Waals surface area contributed by atoms with E-state index in [0.717, 1.165) is 25.9 Å². The number of nitrogens with zero attached hydrogens (tertiary/aromatic N) is 9. The molecule has 4 N–H and O–H groups in total. The van der Waals surface area contributed by atoms with Gasteiger partial charge >= 0.3 is 0 Å². The summed E-state index contributed by atoms with van der Waals surface area (Å²) in [5.41, 5.74) is 4.99. The third-order valence-electron chi connectivity index (χ3n) is 7.64. The van der Waals surface area contributed by atoms with Crippen molar-refractivity contribution >= 4 is 29.7 Å². The van der Waals surface area contributed by atoms with Crippen LogP contribution in [-0.4, -0.2) is 126 Å². The molecule has 3 saturated heterocycles. The molecule has 2 aromatic heterocycles. The number of quaternary nitrogens is 1. The van der Waals surface area contributed by atoms with Crippen LogP contribution in [0.5, 0.6) is 0 Å². The maximum absolute atomic E-state index is 13.9. The van der Waals surface area contributed by atoms with Crippen molar-refractivity contribution in [3.8, 4) is 11.4 Å². The van der Waals surface area contributed by atoms with Crippen molar-refractivity contribution in [3.63, 3.8) is 0 Å². The molecule has 0 aromatic carbocycles. The smallest absolute Gasteiger partial charge is 0.281 e. The lowest BCUT2D eigenvalue weighted by atomic mass is 9.97. The molecule has 0 radical (unpaired) electrons. The van der Waals surface area contributed by atoms with E-state index >= 15 is 0 Å². The summed E-state index contributed by atoms with van der Waals surface area (Å²) in [5, 5.41) is 2.20. The summed E-state index contributed by atoms with van der Waals surface area (Å²) >= 11 is 0. The number of ether oxygens (including phenoxy) is 1. The zero-order chi connectivity index (χ0) is 28.9. The van der Waals surface area contributed by atoms with Crippen LogP contribution in [0, 0.1) is 5.92 Å². The SMILES string of the molecule is CN(CC(=O)N1CCN(c2nc(-c3cnc(N)nc3C(F)F)nc(N3CCOCC3)n2)CC1)C(=O)C1CC[NH2+]CC1. The minimum atomic E-state index is -2.90. The average molecular weight is 577 g/mol. The molecule has 3 aliphatic heterocycles. The number of anilines is 3. The van der Waals surface area contributed by atoms with Crippen LogP contribution in [0.15, 0.2) is 6.20 Å². The van der Waals surface area contributed by atoms with Crippen LogP contribution in [0.3, 0.4) is 0 Å². The van der Waals surface area contributed by atoms with Crippen LogP contribution in [0.1, 0.15) is 25.0 Å². The summed E-state index contributed by atoms with van der Waals surface area (Å²) < 4.78 is 33.1. The highest BCUT2D eigenvalue weighted by atomic mass is 19.3. The molecule has 3 fully saturated rings. The molecule has 5 rings (SSSR count). The Morgan fingerprint density at radius 1 is 1.02 bits per heavy atom. The molecule has 0 saturated carbocycles. The predicted molar refractivity (Wildman–Crippen MR) is 144 cm³/mol. The predicted octanol–water partition coefficient (Wildman–Crippen LogP) is -1.23. The lowest BCUT2D eigenvalue weighted by Gasteiger charge is -2.36. The van der Waals surface area contributed by atoms with E-state index in [-0.39, 0.29) is 41.6 Å². The lowest BCUT2D eigenvalue weighted by Crippen LogP contribution is -2.86. The largest absolute Gasteiger partial charge is 0.378 e. The molecule has 41 heavy (non-hydrogen) atoms. The Labute approximate surface area is 236 Å². The first-order valence-electron chi connectivity index (χ1n) is 13.9. The molecule has 16 heteroatoms. The van der Waals surface area contributed by atoms with Gasteiger partial charge < -0.3 is 35.4 Å². The molecule has 0 unspecified atom stereocenters. The highest BCUT2D eigenvalue weighted by molar-refractivity contribution is 5.86. The van der Waals surface area contributed by atoms with Crippen molar-refractivity contribution in [3.05, 3.63) is 11.9 Å². The Bertz CT molecular complexity index is 1230. The molecule has 3 aliphatic rings. The normalized spacial score (nSPS) is 18.6. The van der Waals surface area contributed by atoms with E-state index in [9.17, 15) is 18.4 Å². The molecular formula is C25H36F2N11O3+. The fraction of sp³-hybridized carbons (Fsp3) is 0.640.